The molecular formula is C14H28N2O2. The van der Waals surface area contributed by atoms with Crippen molar-refractivity contribution in [2.24, 2.45) is 5.92 Å². The Labute approximate surface area is 111 Å². The molecule has 0 saturated heterocycles. The summed E-state index contributed by atoms with van der Waals surface area (Å²) < 4.78 is 5.22. The first-order valence-electron chi connectivity index (χ1n) is 7.05. The number of nitrogens with one attached hydrogen (secondary N) is 1. The van der Waals surface area contributed by atoms with Gasteiger partial charge in [-0.2, -0.15) is 0 Å². The fraction of sp³-hybridized carbons (Fsp3) is 0.929. The average Bonchev–Trinajstić information content (AvgIpc) is 2.23. The van der Waals surface area contributed by atoms with Crippen LogP contribution in [0.3, 0.4) is 0 Å². The van der Waals surface area contributed by atoms with Gasteiger partial charge in [0.25, 0.3) is 0 Å². The first-order valence-corrected chi connectivity index (χ1v) is 7.05. The van der Waals surface area contributed by atoms with Crippen LogP contribution in [0.15, 0.2) is 0 Å². The van der Waals surface area contributed by atoms with Gasteiger partial charge in [-0.15, -0.1) is 0 Å². The Hall–Kier alpha value is -0.610. The lowest BCUT2D eigenvalue weighted by atomic mass is 9.76. The van der Waals surface area contributed by atoms with Gasteiger partial charge in [0.15, 0.2) is 0 Å². The normalized spacial score (nSPS) is 19.4. The Bertz CT molecular complexity index is 265. The van der Waals surface area contributed by atoms with Crippen molar-refractivity contribution in [2.75, 3.05) is 33.8 Å². The number of hydrogen-bond acceptors (Lipinski definition) is 4. The number of likely N-dealkylation sites (N-methyl/N-ethyl adjacent to an activating group) is 1. The fourth-order valence-electron chi connectivity index (χ4n) is 2.35. The number of nitrogens with zero attached hydrogens (tertiary/aromatic N) is 1. The van der Waals surface area contributed by atoms with Crippen molar-refractivity contribution in [3.63, 3.8) is 0 Å². The molecule has 1 aliphatic carbocycles. The Morgan fingerprint density at radius 2 is 2.11 bits per heavy atom. The highest BCUT2D eigenvalue weighted by Gasteiger charge is 2.38. The number of esters is 1. The molecule has 0 spiro atoms. The molecule has 0 bridgehead atoms. The predicted octanol–water partition coefficient (Wildman–Crippen LogP) is 1.65. The quantitative estimate of drug-likeness (QED) is 0.671. The average molecular weight is 256 g/mol. The number of rotatable bonds is 8. The van der Waals surface area contributed by atoms with Gasteiger partial charge in [0, 0.05) is 13.1 Å². The van der Waals surface area contributed by atoms with Crippen LogP contribution in [0.5, 0.6) is 0 Å². The van der Waals surface area contributed by atoms with Crippen LogP contribution in [-0.4, -0.2) is 50.2 Å². The third-order valence-electron chi connectivity index (χ3n) is 3.72. The fourth-order valence-corrected chi connectivity index (χ4v) is 2.35. The SMILES string of the molecule is CCOC(=O)C(C)(CC1CCC1)NCCN(C)C. The molecule has 1 saturated carbocycles. The van der Waals surface area contributed by atoms with Crippen molar-refractivity contribution in [3.05, 3.63) is 0 Å². The summed E-state index contributed by atoms with van der Waals surface area (Å²) in [6.07, 6.45) is 4.72. The van der Waals surface area contributed by atoms with Gasteiger partial charge in [0.2, 0.25) is 0 Å². The molecule has 0 heterocycles. The number of hydrogen-bond donors (Lipinski definition) is 1. The highest BCUT2D eigenvalue weighted by molar-refractivity contribution is 5.80. The number of ether oxygens (including phenoxy) is 1. The summed E-state index contributed by atoms with van der Waals surface area (Å²) in [6.45, 7) is 6.05. The van der Waals surface area contributed by atoms with Gasteiger partial charge in [0.1, 0.15) is 5.54 Å². The molecule has 1 atom stereocenters. The molecule has 1 unspecified atom stereocenters. The molecule has 1 rings (SSSR count). The molecule has 0 aromatic carbocycles. The smallest absolute Gasteiger partial charge is 0.326 e. The van der Waals surface area contributed by atoms with Crippen molar-refractivity contribution >= 4 is 5.97 Å². The van der Waals surface area contributed by atoms with Gasteiger partial charge in [0.05, 0.1) is 6.61 Å². The minimum atomic E-state index is -0.517. The van der Waals surface area contributed by atoms with E-state index in [1.165, 1.54) is 19.3 Å². The zero-order valence-corrected chi connectivity index (χ0v) is 12.3. The summed E-state index contributed by atoms with van der Waals surface area (Å²) in [4.78, 5) is 14.2. The monoisotopic (exact) mass is 256 g/mol. The molecule has 4 heteroatoms. The molecule has 0 amide bonds. The van der Waals surface area contributed by atoms with Gasteiger partial charge in [-0.1, -0.05) is 19.3 Å². The molecule has 1 fully saturated rings. The molecule has 0 aromatic heterocycles. The second-order valence-electron chi connectivity index (χ2n) is 5.78. The van der Waals surface area contributed by atoms with Crippen LogP contribution in [0, 0.1) is 5.92 Å². The van der Waals surface area contributed by atoms with Gasteiger partial charge >= 0.3 is 5.97 Å². The third kappa shape index (κ3) is 4.58. The van der Waals surface area contributed by atoms with Crippen LogP contribution < -0.4 is 5.32 Å². The molecule has 0 radical (unpaired) electrons. The molecule has 0 aromatic rings. The first kappa shape index (κ1) is 15.4. The van der Waals surface area contributed by atoms with Crippen molar-refractivity contribution in [1.29, 1.82) is 0 Å². The molecule has 1 N–H and O–H groups in total. The van der Waals surface area contributed by atoms with E-state index in [-0.39, 0.29) is 5.97 Å². The predicted molar refractivity (Wildman–Crippen MR) is 73.6 cm³/mol. The van der Waals surface area contributed by atoms with Crippen molar-refractivity contribution in [2.45, 2.75) is 45.1 Å². The van der Waals surface area contributed by atoms with Crippen LogP contribution in [-0.2, 0) is 9.53 Å². The Kier molecular flexibility index (Phi) is 6.09. The van der Waals surface area contributed by atoms with Gasteiger partial charge in [-0.25, -0.2) is 0 Å². The maximum Gasteiger partial charge on any atom is 0.326 e. The molecule has 1 aliphatic rings. The minimum absolute atomic E-state index is 0.101. The van der Waals surface area contributed by atoms with Crippen LogP contribution in [0.2, 0.25) is 0 Å². The van der Waals surface area contributed by atoms with Crippen molar-refractivity contribution in [3.8, 4) is 0 Å². The molecule has 0 aliphatic heterocycles. The summed E-state index contributed by atoms with van der Waals surface area (Å²) in [7, 11) is 4.07. The molecule has 106 valence electrons. The molecular weight excluding hydrogens is 228 g/mol. The topological polar surface area (TPSA) is 41.6 Å². The zero-order chi connectivity index (χ0) is 13.6. The lowest BCUT2D eigenvalue weighted by Crippen LogP contribution is -2.53. The highest BCUT2D eigenvalue weighted by atomic mass is 16.5. The van der Waals surface area contributed by atoms with E-state index in [1.807, 2.05) is 27.9 Å². The van der Waals surface area contributed by atoms with Gasteiger partial charge < -0.3 is 15.0 Å². The second-order valence-corrected chi connectivity index (χ2v) is 5.78. The Balaban J connectivity index is 2.51. The summed E-state index contributed by atoms with van der Waals surface area (Å²) in [5.74, 6) is 0.585. The maximum absolute atomic E-state index is 12.1. The Morgan fingerprint density at radius 3 is 2.56 bits per heavy atom. The maximum atomic E-state index is 12.1. The zero-order valence-electron chi connectivity index (χ0n) is 12.3. The Morgan fingerprint density at radius 1 is 1.44 bits per heavy atom. The van der Waals surface area contributed by atoms with E-state index >= 15 is 0 Å². The lowest BCUT2D eigenvalue weighted by Gasteiger charge is -2.36. The van der Waals surface area contributed by atoms with Crippen molar-refractivity contribution in [1.82, 2.24) is 10.2 Å². The summed E-state index contributed by atoms with van der Waals surface area (Å²) in [6, 6.07) is 0. The largest absolute Gasteiger partial charge is 0.465 e. The van der Waals surface area contributed by atoms with E-state index in [4.69, 9.17) is 4.74 Å². The van der Waals surface area contributed by atoms with E-state index < -0.39 is 5.54 Å². The van der Waals surface area contributed by atoms with E-state index in [9.17, 15) is 4.79 Å². The first-order chi connectivity index (χ1) is 8.48. The summed E-state index contributed by atoms with van der Waals surface area (Å²) in [5, 5.41) is 3.39. The van der Waals surface area contributed by atoms with Crippen LogP contribution in [0.25, 0.3) is 0 Å². The molecule has 4 nitrogen and oxygen atoms in total. The lowest BCUT2D eigenvalue weighted by molar-refractivity contribution is -0.151. The van der Waals surface area contributed by atoms with E-state index in [2.05, 4.69) is 10.2 Å². The van der Waals surface area contributed by atoms with Gasteiger partial charge in [-0.05, 0) is 40.3 Å². The van der Waals surface area contributed by atoms with Crippen LogP contribution in [0.1, 0.15) is 39.5 Å². The molecule has 18 heavy (non-hydrogen) atoms. The van der Waals surface area contributed by atoms with E-state index in [0.29, 0.717) is 12.5 Å². The second kappa shape index (κ2) is 7.10. The minimum Gasteiger partial charge on any atom is -0.465 e. The highest BCUT2D eigenvalue weighted by Crippen LogP contribution is 2.34. The van der Waals surface area contributed by atoms with Crippen molar-refractivity contribution < 1.29 is 9.53 Å². The third-order valence-corrected chi connectivity index (χ3v) is 3.72. The van der Waals surface area contributed by atoms with Crippen LogP contribution >= 0.6 is 0 Å². The summed E-state index contributed by atoms with van der Waals surface area (Å²) >= 11 is 0. The van der Waals surface area contributed by atoms with E-state index in [1.54, 1.807) is 0 Å². The number of carbonyl (C=O) groups excluding carboxylic acids is 1. The standard InChI is InChI=1S/C14H28N2O2/c1-5-18-13(17)14(2,11-12-7-6-8-12)15-9-10-16(3)4/h12,15H,5-11H2,1-4H3. The van der Waals surface area contributed by atoms with E-state index in [0.717, 1.165) is 19.5 Å². The van der Waals surface area contributed by atoms with Gasteiger partial charge in [-0.3, -0.25) is 4.79 Å². The van der Waals surface area contributed by atoms with Crippen LogP contribution in [0.4, 0.5) is 0 Å². The number of carbonyl (C=O) groups is 1. The summed E-state index contributed by atoms with van der Waals surface area (Å²) in [5.41, 5.74) is -0.517.